The smallest absolute Gasteiger partial charge is 0.316 e. The van der Waals surface area contributed by atoms with Gasteiger partial charge in [-0.2, -0.15) is 4.98 Å². The number of hydrogen-bond donors (Lipinski definition) is 2. The molecule has 0 radical (unpaired) electrons. The van der Waals surface area contributed by atoms with Gasteiger partial charge in [0.1, 0.15) is 6.61 Å². The van der Waals surface area contributed by atoms with E-state index in [0.717, 1.165) is 11.4 Å². The standard InChI is InChI=1S/C8H13N3O2/c1-6-4-7(5-9)11-8(10-6)13-3-2-12/h4,12H,2-3,5,9H2,1H3. The SMILES string of the molecule is Cc1cc(CN)nc(OCCO)n1. The van der Waals surface area contributed by atoms with Crippen LogP contribution in [0.1, 0.15) is 11.4 Å². The molecule has 0 aliphatic heterocycles. The lowest BCUT2D eigenvalue weighted by atomic mass is 10.3. The Morgan fingerprint density at radius 3 is 2.92 bits per heavy atom. The third kappa shape index (κ3) is 2.96. The van der Waals surface area contributed by atoms with E-state index in [9.17, 15) is 0 Å². The molecule has 0 amide bonds. The van der Waals surface area contributed by atoms with Crippen molar-refractivity contribution in [1.29, 1.82) is 0 Å². The Balaban J connectivity index is 2.76. The van der Waals surface area contributed by atoms with Crippen molar-refractivity contribution >= 4 is 0 Å². The molecule has 13 heavy (non-hydrogen) atoms. The summed E-state index contributed by atoms with van der Waals surface area (Å²) >= 11 is 0. The Labute approximate surface area is 76.6 Å². The molecule has 72 valence electrons. The van der Waals surface area contributed by atoms with Gasteiger partial charge < -0.3 is 15.6 Å². The van der Waals surface area contributed by atoms with Crippen LogP contribution in [0.25, 0.3) is 0 Å². The normalized spacial score (nSPS) is 10.1. The minimum Gasteiger partial charge on any atom is -0.461 e. The number of nitrogens with zero attached hydrogens (tertiary/aromatic N) is 2. The van der Waals surface area contributed by atoms with Gasteiger partial charge >= 0.3 is 6.01 Å². The highest BCUT2D eigenvalue weighted by Crippen LogP contribution is 2.05. The highest BCUT2D eigenvalue weighted by molar-refractivity contribution is 5.12. The zero-order valence-electron chi connectivity index (χ0n) is 7.53. The molecule has 0 unspecified atom stereocenters. The minimum absolute atomic E-state index is 0.0464. The molecule has 5 nitrogen and oxygen atoms in total. The first-order valence-electron chi connectivity index (χ1n) is 4.04. The van der Waals surface area contributed by atoms with Crippen molar-refractivity contribution in [2.45, 2.75) is 13.5 Å². The van der Waals surface area contributed by atoms with Crippen LogP contribution in [-0.4, -0.2) is 28.3 Å². The van der Waals surface area contributed by atoms with Crippen molar-refractivity contribution in [3.8, 4) is 6.01 Å². The van der Waals surface area contributed by atoms with Gasteiger partial charge in [-0.1, -0.05) is 0 Å². The molecule has 0 aliphatic rings. The van der Waals surface area contributed by atoms with Crippen LogP contribution in [0.4, 0.5) is 0 Å². The minimum atomic E-state index is -0.0464. The van der Waals surface area contributed by atoms with Crippen LogP contribution in [0.5, 0.6) is 6.01 Å². The quantitative estimate of drug-likeness (QED) is 0.664. The number of aryl methyl sites for hydroxylation is 1. The van der Waals surface area contributed by atoms with E-state index in [0.29, 0.717) is 6.54 Å². The maximum Gasteiger partial charge on any atom is 0.316 e. The van der Waals surface area contributed by atoms with Crippen LogP contribution < -0.4 is 10.5 Å². The predicted octanol–water partition coefficient (Wildman–Crippen LogP) is -0.385. The average molecular weight is 183 g/mol. The van der Waals surface area contributed by atoms with Gasteiger partial charge in [0.2, 0.25) is 0 Å². The first kappa shape index (κ1) is 9.88. The molecule has 5 heteroatoms. The monoisotopic (exact) mass is 183 g/mol. The number of ether oxygens (including phenoxy) is 1. The molecule has 1 rings (SSSR count). The molecule has 1 aromatic heterocycles. The first-order valence-corrected chi connectivity index (χ1v) is 4.04. The largest absolute Gasteiger partial charge is 0.461 e. The van der Waals surface area contributed by atoms with Gasteiger partial charge in [0.25, 0.3) is 0 Å². The Morgan fingerprint density at radius 1 is 1.54 bits per heavy atom. The summed E-state index contributed by atoms with van der Waals surface area (Å²) in [6.45, 7) is 2.36. The van der Waals surface area contributed by atoms with Crippen molar-refractivity contribution < 1.29 is 9.84 Å². The van der Waals surface area contributed by atoms with E-state index < -0.39 is 0 Å². The average Bonchev–Trinajstić information content (AvgIpc) is 2.14. The maximum absolute atomic E-state index is 8.52. The van der Waals surface area contributed by atoms with Gasteiger partial charge in [0, 0.05) is 12.2 Å². The molecule has 0 bridgehead atoms. The highest BCUT2D eigenvalue weighted by Gasteiger charge is 2.01. The van der Waals surface area contributed by atoms with Crippen LogP contribution in [-0.2, 0) is 6.54 Å². The van der Waals surface area contributed by atoms with Gasteiger partial charge in [0.15, 0.2) is 0 Å². The van der Waals surface area contributed by atoms with Crippen molar-refractivity contribution in [2.24, 2.45) is 5.73 Å². The summed E-state index contributed by atoms with van der Waals surface area (Å²) in [6.07, 6.45) is 0. The molecule has 0 saturated carbocycles. The third-order valence-corrected chi connectivity index (χ3v) is 1.42. The lowest BCUT2D eigenvalue weighted by Crippen LogP contribution is -2.08. The molecular formula is C8H13N3O2. The van der Waals surface area contributed by atoms with Crippen LogP contribution in [0.3, 0.4) is 0 Å². The molecule has 0 saturated heterocycles. The second-order valence-corrected chi connectivity index (χ2v) is 2.56. The summed E-state index contributed by atoms with van der Waals surface area (Å²) < 4.78 is 5.05. The summed E-state index contributed by atoms with van der Waals surface area (Å²) in [4.78, 5) is 8.04. The summed E-state index contributed by atoms with van der Waals surface area (Å²) in [5.41, 5.74) is 6.97. The van der Waals surface area contributed by atoms with E-state index in [4.69, 9.17) is 15.6 Å². The van der Waals surface area contributed by atoms with Gasteiger partial charge in [-0.05, 0) is 13.0 Å². The van der Waals surface area contributed by atoms with Crippen LogP contribution in [0.2, 0.25) is 0 Å². The Kier molecular flexibility index (Phi) is 3.60. The van der Waals surface area contributed by atoms with E-state index in [2.05, 4.69) is 9.97 Å². The number of rotatable bonds is 4. The number of aliphatic hydroxyl groups excluding tert-OH is 1. The predicted molar refractivity (Wildman–Crippen MR) is 47.2 cm³/mol. The lowest BCUT2D eigenvalue weighted by Gasteiger charge is -2.04. The topological polar surface area (TPSA) is 81.3 Å². The van der Waals surface area contributed by atoms with E-state index in [1.165, 1.54) is 0 Å². The fourth-order valence-corrected chi connectivity index (χ4v) is 0.910. The molecule has 0 atom stereocenters. The van der Waals surface area contributed by atoms with Crippen LogP contribution >= 0.6 is 0 Å². The first-order chi connectivity index (χ1) is 6.26. The Hall–Kier alpha value is -1.20. The Bertz CT molecular complexity index is 278. The molecular weight excluding hydrogens is 170 g/mol. The summed E-state index contributed by atoms with van der Waals surface area (Å²) in [5.74, 6) is 0. The van der Waals surface area contributed by atoms with Crippen molar-refractivity contribution in [1.82, 2.24) is 9.97 Å². The van der Waals surface area contributed by atoms with Crippen molar-refractivity contribution in [3.63, 3.8) is 0 Å². The highest BCUT2D eigenvalue weighted by atomic mass is 16.5. The Morgan fingerprint density at radius 2 is 2.31 bits per heavy atom. The number of hydrogen-bond acceptors (Lipinski definition) is 5. The van der Waals surface area contributed by atoms with E-state index >= 15 is 0 Å². The van der Waals surface area contributed by atoms with Gasteiger partial charge in [-0.15, -0.1) is 0 Å². The van der Waals surface area contributed by atoms with Gasteiger partial charge in [0.05, 0.1) is 12.3 Å². The fraction of sp³-hybridized carbons (Fsp3) is 0.500. The zero-order chi connectivity index (χ0) is 9.68. The number of nitrogens with two attached hydrogens (primary N) is 1. The van der Waals surface area contributed by atoms with E-state index in [1.54, 1.807) is 6.07 Å². The molecule has 1 aromatic rings. The molecule has 1 heterocycles. The molecule has 3 N–H and O–H groups in total. The van der Waals surface area contributed by atoms with Crippen LogP contribution in [0, 0.1) is 6.92 Å². The molecule has 0 aliphatic carbocycles. The molecule has 0 fully saturated rings. The van der Waals surface area contributed by atoms with Gasteiger partial charge in [-0.25, -0.2) is 4.98 Å². The molecule has 0 aromatic carbocycles. The van der Waals surface area contributed by atoms with E-state index in [1.807, 2.05) is 6.92 Å². The lowest BCUT2D eigenvalue weighted by molar-refractivity contribution is 0.191. The zero-order valence-corrected chi connectivity index (χ0v) is 7.53. The van der Waals surface area contributed by atoms with Crippen molar-refractivity contribution in [3.05, 3.63) is 17.5 Å². The van der Waals surface area contributed by atoms with Crippen molar-refractivity contribution in [2.75, 3.05) is 13.2 Å². The second kappa shape index (κ2) is 4.74. The third-order valence-electron chi connectivity index (χ3n) is 1.42. The summed E-state index contributed by atoms with van der Waals surface area (Å²) in [7, 11) is 0. The summed E-state index contributed by atoms with van der Waals surface area (Å²) in [5, 5.41) is 8.52. The number of aliphatic hydroxyl groups is 1. The molecule has 0 spiro atoms. The van der Waals surface area contributed by atoms with Gasteiger partial charge in [-0.3, -0.25) is 0 Å². The van der Waals surface area contributed by atoms with E-state index in [-0.39, 0.29) is 19.2 Å². The van der Waals surface area contributed by atoms with Crippen LogP contribution in [0.15, 0.2) is 6.07 Å². The maximum atomic E-state index is 8.52. The second-order valence-electron chi connectivity index (χ2n) is 2.56. The number of aromatic nitrogens is 2. The fourth-order valence-electron chi connectivity index (χ4n) is 0.910. The summed E-state index contributed by atoms with van der Waals surface area (Å²) in [6, 6.07) is 2.07.